The lowest BCUT2D eigenvalue weighted by molar-refractivity contribution is 0.602. The molecule has 1 aromatic heterocycles. The zero-order valence-electron chi connectivity index (χ0n) is 10.1. The first kappa shape index (κ1) is 13.4. The molecule has 0 aliphatic carbocycles. The zero-order chi connectivity index (χ0) is 13.8. The van der Waals surface area contributed by atoms with E-state index in [1.54, 1.807) is 18.5 Å². The van der Waals surface area contributed by atoms with E-state index in [1.807, 2.05) is 6.92 Å². The quantitative estimate of drug-likeness (QED) is 0.836. The molecule has 0 aliphatic rings. The fourth-order valence-corrected chi connectivity index (χ4v) is 2.04. The molecule has 1 heterocycles. The number of aromatic nitrogens is 2. The van der Waals surface area contributed by atoms with Crippen LogP contribution in [-0.4, -0.2) is 18.4 Å². The second-order valence-electron chi connectivity index (χ2n) is 3.98. The monoisotopic (exact) mass is 281 g/mol. The second kappa shape index (κ2) is 5.75. The van der Waals surface area contributed by atoms with Crippen LogP contribution in [-0.2, 0) is 16.5 Å². The van der Waals surface area contributed by atoms with Gasteiger partial charge in [0.2, 0.25) is 5.95 Å². The Hall–Kier alpha value is -2.02. The van der Waals surface area contributed by atoms with Crippen LogP contribution in [0.15, 0.2) is 30.6 Å². The fraction of sp³-hybridized carbons (Fsp3) is 0.167. The molecule has 0 aliphatic heterocycles. The number of rotatable bonds is 4. The van der Waals surface area contributed by atoms with Crippen LogP contribution in [0.4, 0.5) is 16.0 Å². The van der Waals surface area contributed by atoms with Crippen LogP contribution in [0, 0.1) is 12.7 Å². The van der Waals surface area contributed by atoms with Gasteiger partial charge >= 0.3 is 0 Å². The first-order valence-corrected chi connectivity index (χ1v) is 6.87. The van der Waals surface area contributed by atoms with E-state index in [9.17, 15) is 12.8 Å². The topological polar surface area (TPSA) is 72.0 Å². The molecule has 0 atom stereocenters. The van der Waals surface area contributed by atoms with Gasteiger partial charge in [0.1, 0.15) is 10.7 Å². The van der Waals surface area contributed by atoms with Crippen molar-refractivity contribution in [1.82, 2.24) is 9.97 Å². The molecule has 1 N–H and O–H groups in total. The molecule has 2 aromatic rings. The molecule has 100 valence electrons. The predicted octanol–water partition coefficient (Wildman–Crippen LogP) is 1.78. The van der Waals surface area contributed by atoms with Crippen LogP contribution in [0.25, 0.3) is 0 Å². The molecular weight excluding hydrogens is 269 g/mol. The highest BCUT2D eigenvalue weighted by Gasteiger charge is 2.09. The number of halogens is 1. The zero-order valence-corrected chi connectivity index (χ0v) is 11.0. The van der Waals surface area contributed by atoms with E-state index in [-0.39, 0.29) is 23.0 Å². The van der Waals surface area contributed by atoms with Gasteiger partial charge in [0.05, 0.1) is 11.4 Å². The summed E-state index contributed by atoms with van der Waals surface area (Å²) in [6.07, 6.45) is 3.21. The van der Waals surface area contributed by atoms with E-state index < -0.39 is 16.5 Å². The molecule has 0 unspecified atom stereocenters. The lowest BCUT2D eigenvalue weighted by Crippen LogP contribution is -2.01. The van der Waals surface area contributed by atoms with Crippen LogP contribution in [0.3, 0.4) is 0 Å². The van der Waals surface area contributed by atoms with Crippen molar-refractivity contribution in [3.63, 3.8) is 0 Å². The molecule has 19 heavy (non-hydrogen) atoms. The minimum absolute atomic E-state index is 0.119. The molecule has 0 spiro atoms. The normalized spacial score (nSPS) is 10.7. The van der Waals surface area contributed by atoms with Crippen molar-refractivity contribution in [3.05, 3.63) is 47.5 Å². The Morgan fingerprint density at radius 2 is 1.95 bits per heavy atom. The van der Waals surface area contributed by atoms with E-state index in [0.29, 0.717) is 0 Å². The Kier molecular flexibility index (Phi) is 4.06. The molecule has 0 saturated heterocycles. The van der Waals surface area contributed by atoms with Crippen LogP contribution < -0.4 is 5.32 Å². The van der Waals surface area contributed by atoms with Gasteiger partial charge in [-0.1, -0.05) is 12.1 Å². The number of anilines is 2. The van der Waals surface area contributed by atoms with Crippen molar-refractivity contribution >= 4 is 22.3 Å². The standard InChI is InChI=1S/C12H12FN3O2S/c1-8-5-14-12(15-6-8)16-10-4-2-3-9(11(10)13)7-19(17)18/h2-6,19H,7H2,1H3,(H,14,15,16). The molecule has 5 nitrogen and oxygen atoms in total. The number of hydrogen-bond donors (Lipinski definition) is 2. The predicted molar refractivity (Wildman–Crippen MR) is 70.5 cm³/mol. The van der Waals surface area contributed by atoms with Gasteiger partial charge in [-0.05, 0) is 18.6 Å². The number of hydrogen-bond acceptors (Lipinski definition) is 5. The number of benzene rings is 1. The van der Waals surface area contributed by atoms with Crippen LogP contribution in [0.5, 0.6) is 0 Å². The molecule has 0 amide bonds. The SMILES string of the molecule is Cc1cnc(Nc2cccc(C[SH](=O)=O)c2F)nc1. The van der Waals surface area contributed by atoms with Crippen molar-refractivity contribution in [2.24, 2.45) is 0 Å². The van der Waals surface area contributed by atoms with Crippen molar-refractivity contribution in [1.29, 1.82) is 0 Å². The van der Waals surface area contributed by atoms with Gasteiger partial charge in [-0.2, -0.15) is 0 Å². The average molecular weight is 281 g/mol. The highest BCUT2D eigenvalue weighted by atomic mass is 32.2. The first-order chi connectivity index (χ1) is 9.06. The van der Waals surface area contributed by atoms with Gasteiger partial charge in [0.15, 0.2) is 5.82 Å². The molecule has 0 radical (unpaired) electrons. The summed E-state index contributed by atoms with van der Waals surface area (Å²) < 4.78 is 35.3. The number of nitrogens with one attached hydrogen (secondary N) is 1. The van der Waals surface area contributed by atoms with E-state index >= 15 is 0 Å². The summed E-state index contributed by atoms with van der Waals surface area (Å²) >= 11 is 0. The largest absolute Gasteiger partial charge is 0.322 e. The molecule has 0 bridgehead atoms. The molecular formula is C12H12FN3O2S. The molecule has 2 rings (SSSR count). The van der Waals surface area contributed by atoms with Crippen LogP contribution in [0.2, 0.25) is 0 Å². The lowest BCUT2D eigenvalue weighted by atomic mass is 10.2. The number of nitrogens with zero attached hydrogens (tertiary/aromatic N) is 2. The maximum absolute atomic E-state index is 14.0. The molecule has 0 saturated carbocycles. The number of aryl methyl sites for hydroxylation is 1. The van der Waals surface area contributed by atoms with Gasteiger partial charge in [0, 0.05) is 18.0 Å². The Balaban J connectivity index is 2.27. The number of thiol groups is 1. The maximum atomic E-state index is 14.0. The van der Waals surface area contributed by atoms with Gasteiger partial charge in [-0.25, -0.2) is 22.8 Å². The van der Waals surface area contributed by atoms with E-state index in [2.05, 4.69) is 15.3 Å². The average Bonchev–Trinajstić information content (AvgIpc) is 2.36. The highest BCUT2D eigenvalue weighted by Crippen LogP contribution is 2.21. The third-order valence-corrected chi connectivity index (χ3v) is 3.00. The fourth-order valence-electron chi connectivity index (χ4n) is 1.52. The molecule has 1 aromatic carbocycles. The van der Waals surface area contributed by atoms with Crippen molar-refractivity contribution < 1.29 is 12.8 Å². The summed E-state index contributed by atoms with van der Waals surface area (Å²) in [5.74, 6) is -0.676. The summed E-state index contributed by atoms with van der Waals surface area (Å²) in [6.45, 7) is 1.84. The molecule has 7 heteroatoms. The third kappa shape index (κ3) is 3.47. The van der Waals surface area contributed by atoms with Crippen LogP contribution >= 0.6 is 0 Å². The lowest BCUT2D eigenvalue weighted by Gasteiger charge is -2.08. The van der Waals surface area contributed by atoms with Gasteiger partial charge in [-0.3, -0.25) is 0 Å². The summed E-state index contributed by atoms with van der Waals surface area (Å²) in [6, 6.07) is 4.51. The van der Waals surface area contributed by atoms with Gasteiger partial charge in [-0.15, -0.1) is 0 Å². The van der Waals surface area contributed by atoms with Crippen molar-refractivity contribution in [2.75, 3.05) is 5.32 Å². The summed E-state index contributed by atoms with van der Waals surface area (Å²) in [5.41, 5.74) is 1.16. The summed E-state index contributed by atoms with van der Waals surface area (Å²) in [7, 11) is -2.67. The van der Waals surface area contributed by atoms with E-state index in [1.165, 1.54) is 12.1 Å². The summed E-state index contributed by atoms with van der Waals surface area (Å²) in [4.78, 5) is 7.99. The maximum Gasteiger partial charge on any atom is 0.227 e. The first-order valence-electron chi connectivity index (χ1n) is 5.51. The Labute approximate surface area is 111 Å². The van der Waals surface area contributed by atoms with Crippen LogP contribution in [0.1, 0.15) is 11.1 Å². The van der Waals surface area contributed by atoms with Gasteiger partial charge in [0.25, 0.3) is 0 Å². The minimum atomic E-state index is -2.67. The van der Waals surface area contributed by atoms with Gasteiger partial charge < -0.3 is 5.32 Å². The minimum Gasteiger partial charge on any atom is -0.322 e. The van der Waals surface area contributed by atoms with Crippen molar-refractivity contribution in [2.45, 2.75) is 12.7 Å². The smallest absolute Gasteiger partial charge is 0.227 e. The Morgan fingerprint density at radius 1 is 1.26 bits per heavy atom. The van der Waals surface area contributed by atoms with Crippen molar-refractivity contribution in [3.8, 4) is 0 Å². The second-order valence-corrected chi connectivity index (χ2v) is 4.96. The van der Waals surface area contributed by atoms with E-state index in [4.69, 9.17) is 0 Å². The molecule has 0 fully saturated rings. The Bertz CT molecular complexity index is 649. The third-order valence-electron chi connectivity index (χ3n) is 2.41. The highest BCUT2D eigenvalue weighted by molar-refractivity contribution is 7.71. The summed E-state index contributed by atoms with van der Waals surface area (Å²) in [5, 5.41) is 2.72. The Morgan fingerprint density at radius 3 is 2.58 bits per heavy atom. The van der Waals surface area contributed by atoms with E-state index in [0.717, 1.165) is 5.56 Å².